The van der Waals surface area contributed by atoms with Crippen LogP contribution < -0.4 is 0 Å². The molecule has 0 bridgehead atoms. The molecule has 0 saturated carbocycles. The first-order valence-electron chi connectivity index (χ1n) is 6.13. The van der Waals surface area contributed by atoms with Crippen LogP contribution in [0.15, 0.2) is 5.51 Å². The van der Waals surface area contributed by atoms with Gasteiger partial charge in [-0.05, 0) is 13.8 Å². The van der Waals surface area contributed by atoms with Gasteiger partial charge in [0.05, 0.1) is 17.0 Å². The first-order chi connectivity index (χ1) is 8.95. The van der Waals surface area contributed by atoms with Gasteiger partial charge in [-0.25, -0.2) is 13.4 Å². The van der Waals surface area contributed by atoms with Gasteiger partial charge in [0, 0.05) is 26.2 Å². The maximum atomic E-state index is 12.2. The topological polar surface area (TPSA) is 70.6 Å². The van der Waals surface area contributed by atoms with Gasteiger partial charge < -0.3 is 4.90 Å². The second kappa shape index (κ2) is 5.56. The van der Waals surface area contributed by atoms with Crippen molar-refractivity contribution in [2.75, 3.05) is 31.9 Å². The molecule has 0 atom stereocenters. The van der Waals surface area contributed by atoms with E-state index in [0.717, 1.165) is 5.69 Å². The fourth-order valence-corrected chi connectivity index (χ4v) is 3.86. The lowest BCUT2D eigenvalue weighted by Crippen LogP contribution is -2.50. The number of aromatic nitrogens is 1. The van der Waals surface area contributed by atoms with Crippen LogP contribution in [-0.4, -0.2) is 60.4 Å². The molecular weight excluding hydrogens is 286 g/mol. The highest BCUT2D eigenvalue weighted by Gasteiger charge is 2.29. The Morgan fingerprint density at radius 2 is 2.00 bits per heavy atom. The predicted molar refractivity (Wildman–Crippen MR) is 73.8 cm³/mol. The van der Waals surface area contributed by atoms with Crippen LogP contribution in [-0.2, 0) is 10.0 Å². The van der Waals surface area contributed by atoms with Crippen LogP contribution in [0.5, 0.6) is 0 Å². The highest BCUT2D eigenvalue weighted by Crippen LogP contribution is 2.17. The lowest BCUT2D eigenvalue weighted by atomic mass is 10.3. The smallest absolute Gasteiger partial charge is 0.265 e. The van der Waals surface area contributed by atoms with Gasteiger partial charge in [0.2, 0.25) is 10.0 Å². The highest BCUT2D eigenvalue weighted by atomic mass is 32.2. The Labute approximate surface area is 117 Å². The number of aryl methyl sites for hydroxylation is 1. The predicted octanol–water partition coefficient (Wildman–Crippen LogP) is 0.559. The van der Waals surface area contributed by atoms with Crippen LogP contribution in [0.3, 0.4) is 0 Å². The number of rotatable bonds is 3. The lowest BCUT2D eigenvalue weighted by molar-refractivity contribution is 0.0702. The Morgan fingerprint density at radius 1 is 1.37 bits per heavy atom. The number of hydrogen-bond acceptors (Lipinski definition) is 5. The molecular formula is C11H17N3O3S2. The van der Waals surface area contributed by atoms with Gasteiger partial charge in [-0.3, -0.25) is 4.79 Å². The number of carbonyl (C=O) groups is 1. The molecule has 0 N–H and O–H groups in total. The number of nitrogens with zero attached hydrogens (tertiary/aromatic N) is 3. The van der Waals surface area contributed by atoms with Crippen LogP contribution in [0, 0.1) is 6.92 Å². The summed E-state index contributed by atoms with van der Waals surface area (Å²) in [5.41, 5.74) is 2.39. The Bertz CT molecular complexity index is 559. The molecule has 1 aliphatic rings. The van der Waals surface area contributed by atoms with Gasteiger partial charge in [-0.1, -0.05) is 0 Å². The van der Waals surface area contributed by atoms with E-state index in [-0.39, 0.29) is 11.7 Å². The van der Waals surface area contributed by atoms with Crippen molar-refractivity contribution in [2.45, 2.75) is 13.8 Å². The third kappa shape index (κ3) is 2.96. The number of carbonyl (C=O) groups excluding carboxylic acids is 1. The molecule has 0 unspecified atom stereocenters. The van der Waals surface area contributed by atoms with E-state index in [1.54, 1.807) is 17.3 Å². The van der Waals surface area contributed by atoms with E-state index in [4.69, 9.17) is 0 Å². The molecule has 0 radical (unpaired) electrons. The van der Waals surface area contributed by atoms with Gasteiger partial charge in [-0.2, -0.15) is 4.31 Å². The number of sulfonamides is 1. The van der Waals surface area contributed by atoms with Crippen molar-refractivity contribution >= 4 is 27.3 Å². The van der Waals surface area contributed by atoms with Crippen LogP contribution in [0.2, 0.25) is 0 Å². The molecule has 0 aliphatic carbocycles. The Kier molecular flexibility index (Phi) is 4.22. The first kappa shape index (κ1) is 14.4. The van der Waals surface area contributed by atoms with E-state index >= 15 is 0 Å². The second-order valence-corrected chi connectivity index (χ2v) is 7.47. The zero-order chi connectivity index (χ0) is 14.0. The highest BCUT2D eigenvalue weighted by molar-refractivity contribution is 7.89. The summed E-state index contributed by atoms with van der Waals surface area (Å²) < 4.78 is 24.9. The summed E-state index contributed by atoms with van der Waals surface area (Å²) in [6, 6.07) is 0. The summed E-state index contributed by atoms with van der Waals surface area (Å²) in [6.45, 7) is 5.07. The monoisotopic (exact) mass is 303 g/mol. The number of piperazine rings is 1. The largest absolute Gasteiger partial charge is 0.335 e. The van der Waals surface area contributed by atoms with Crippen molar-refractivity contribution in [3.05, 3.63) is 16.1 Å². The second-order valence-electron chi connectivity index (χ2n) is 4.36. The Morgan fingerprint density at radius 3 is 2.47 bits per heavy atom. The third-order valence-electron chi connectivity index (χ3n) is 3.22. The van der Waals surface area contributed by atoms with E-state index < -0.39 is 10.0 Å². The minimum Gasteiger partial charge on any atom is -0.335 e. The molecule has 1 aliphatic heterocycles. The molecule has 1 saturated heterocycles. The molecule has 2 rings (SSSR count). The molecule has 2 heterocycles. The molecule has 1 fully saturated rings. The van der Waals surface area contributed by atoms with Crippen molar-refractivity contribution in [3.63, 3.8) is 0 Å². The molecule has 106 valence electrons. The summed E-state index contributed by atoms with van der Waals surface area (Å²) >= 11 is 1.33. The molecule has 6 nitrogen and oxygen atoms in total. The van der Waals surface area contributed by atoms with E-state index in [1.165, 1.54) is 15.6 Å². The minimum absolute atomic E-state index is 0.0476. The normalized spacial score (nSPS) is 17.7. The Balaban J connectivity index is 2.01. The van der Waals surface area contributed by atoms with Crippen molar-refractivity contribution in [1.82, 2.24) is 14.2 Å². The number of hydrogen-bond donors (Lipinski definition) is 0. The molecule has 19 heavy (non-hydrogen) atoms. The van der Waals surface area contributed by atoms with Gasteiger partial charge in [0.25, 0.3) is 5.91 Å². The number of amides is 1. The zero-order valence-electron chi connectivity index (χ0n) is 11.0. The molecule has 1 amide bonds. The van der Waals surface area contributed by atoms with Crippen LogP contribution in [0.4, 0.5) is 0 Å². The summed E-state index contributed by atoms with van der Waals surface area (Å²) in [5.74, 6) is 0.0584. The molecule has 8 heteroatoms. The molecule has 0 spiro atoms. The maximum Gasteiger partial charge on any atom is 0.265 e. The standard InChI is InChI=1S/C11H17N3O3S2/c1-3-19(16,17)14-6-4-13(5-7-14)11(15)10-9(2)12-8-18-10/h8H,3-7H2,1-2H3. The average Bonchev–Trinajstić information content (AvgIpc) is 2.84. The van der Waals surface area contributed by atoms with Gasteiger partial charge in [0.15, 0.2) is 0 Å². The van der Waals surface area contributed by atoms with Crippen LogP contribution in [0.25, 0.3) is 0 Å². The van der Waals surface area contributed by atoms with E-state index in [2.05, 4.69) is 4.98 Å². The molecule has 0 aromatic carbocycles. The fraction of sp³-hybridized carbons (Fsp3) is 0.636. The quantitative estimate of drug-likeness (QED) is 0.818. The van der Waals surface area contributed by atoms with Crippen molar-refractivity contribution < 1.29 is 13.2 Å². The average molecular weight is 303 g/mol. The van der Waals surface area contributed by atoms with E-state index in [0.29, 0.717) is 31.1 Å². The summed E-state index contributed by atoms with van der Waals surface area (Å²) in [6.07, 6.45) is 0. The third-order valence-corrected chi connectivity index (χ3v) is 6.02. The zero-order valence-corrected chi connectivity index (χ0v) is 12.6. The summed E-state index contributed by atoms with van der Waals surface area (Å²) in [7, 11) is -3.15. The number of thiazole rings is 1. The summed E-state index contributed by atoms with van der Waals surface area (Å²) in [5, 5.41) is 0. The van der Waals surface area contributed by atoms with Gasteiger partial charge >= 0.3 is 0 Å². The van der Waals surface area contributed by atoms with E-state index in [9.17, 15) is 13.2 Å². The minimum atomic E-state index is -3.15. The molecule has 1 aromatic rings. The molecule has 1 aromatic heterocycles. The SMILES string of the molecule is CCS(=O)(=O)N1CCN(C(=O)c2scnc2C)CC1. The van der Waals surface area contributed by atoms with Crippen molar-refractivity contribution in [1.29, 1.82) is 0 Å². The van der Waals surface area contributed by atoms with Crippen LogP contribution in [0.1, 0.15) is 22.3 Å². The summed E-state index contributed by atoms with van der Waals surface area (Å²) in [4.78, 5) is 18.6. The van der Waals surface area contributed by atoms with Gasteiger partial charge in [0.1, 0.15) is 4.88 Å². The van der Waals surface area contributed by atoms with Crippen molar-refractivity contribution in [2.24, 2.45) is 0 Å². The Hall–Kier alpha value is -0.990. The van der Waals surface area contributed by atoms with Crippen LogP contribution >= 0.6 is 11.3 Å². The lowest BCUT2D eigenvalue weighted by Gasteiger charge is -2.33. The van der Waals surface area contributed by atoms with Crippen molar-refractivity contribution in [3.8, 4) is 0 Å². The first-order valence-corrected chi connectivity index (χ1v) is 8.61. The fourth-order valence-electron chi connectivity index (χ4n) is 2.00. The maximum absolute atomic E-state index is 12.2. The van der Waals surface area contributed by atoms with Gasteiger partial charge in [-0.15, -0.1) is 11.3 Å². The van der Waals surface area contributed by atoms with E-state index in [1.807, 2.05) is 6.92 Å².